The van der Waals surface area contributed by atoms with E-state index in [0.717, 1.165) is 43.0 Å². The zero-order chi connectivity index (χ0) is 24.1. The minimum Gasteiger partial charge on any atom is -0.378 e. The predicted molar refractivity (Wildman–Crippen MR) is 140 cm³/mol. The standard InChI is InChI=1S/C27H34N4O2S/c1-22-9-15-26(16-10-22)34(32,33)28-21-27(23-11-13-24(14-12-23)29(2)3)31-19-17-30(18-20-31)25-7-5-4-6-8-25/h4-16,27-28H,17-21H2,1-3H3/t27-/m1/s1. The van der Waals surface area contributed by atoms with Crippen LogP contribution in [0.1, 0.15) is 17.2 Å². The molecule has 3 aromatic carbocycles. The third kappa shape index (κ3) is 5.78. The summed E-state index contributed by atoms with van der Waals surface area (Å²) in [6, 6.07) is 25.8. The molecular formula is C27H34N4O2S. The van der Waals surface area contributed by atoms with Crippen LogP contribution >= 0.6 is 0 Å². The van der Waals surface area contributed by atoms with Gasteiger partial charge >= 0.3 is 0 Å². The van der Waals surface area contributed by atoms with Gasteiger partial charge in [0.25, 0.3) is 0 Å². The number of hydrogen-bond acceptors (Lipinski definition) is 5. The van der Waals surface area contributed by atoms with Gasteiger partial charge in [0.05, 0.1) is 4.90 Å². The minimum absolute atomic E-state index is 0.0469. The molecule has 0 amide bonds. The molecule has 1 N–H and O–H groups in total. The van der Waals surface area contributed by atoms with Crippen molar-refractivity contribution in [1.29, 1.82) is 0 Å². The van der Waals surface area contributed by atoms with E-state index < -0.39 is 10.0 Å². The summed E-state index contributed by atoms with van der Waals surface area (Å²) in [5.74, 6) is 0. The number of anilines is 2. The summed E-state index contributed by atoms with van der Waals surface area (Å²) < 4.78 is 28.9. The first kappa shape index (κ1) is 24.3. The van der Waals surface area contributed by atoms with E-state index >= 15 is 0 Å². The SMILES string of the molecule is Cc1ccc(S(=O)(=O)NC[C@H](c2ccc(N(C)C)cc2)N2CCN(c3ccccc3)CC2)cc1. The fourth-order valence-electron chi connectivity index (χ4n) is 4.37. The van der Waals surface area contributed by atoms with Crippen LogP contribution in [0.25, 0.3) is 0 Å². The van der Waals surface area contributed by atoms with Crippen molar-refractivity contribution in [3.8, 4) is 0 Å². The number of rotatable bonds is 8. The Balaban J connectivity index is 1.52. The van der Waals surface area contributed by atoms with Gasteiger partial charge in [0.1, 0.15) is 0 Å². The maximum atomic E-state index is 13.0. The number of para-hydroxylation sites is 1. The zero-order valence-corrected chi connectivity index (χ0v) is 21.0. The number of nitrogens with one attached hydrogen (secondary N) is 1. The summed E-state index contributed by atoms with van der Waals surface area (Å²) in [4.78, 5) is 7.15. The normalized spacial score (nSPS) is 15.8. The highest BCUT2D eigenvalue weighted by molar-refractivity contribution is 7.89. The molecule has 0 saturated carbocycles. The molecule has 0 spiro atoms. The van der Waals surface area contributed by atoms with E-state index in [4.69, 9.17) is 0 Å². The lowest BCUT2D eigenvalue weighted by Crippen LogP contribution is -2.49. The quantitative estimate of drug-likeness (QED) is 0.532. The summed E-state index contributed by atoms with van der Waals surface area (Å²) in [5, 5.41) is 0. The number of nitrogens with zero attached hydrogens (tertiary/aromatic N) is 3. The highest BCUT2D eigenvalue weighted by Crippen LogP contribution is 2.26. The van der Waals surface area contributed by atoms with Gasteiger partial charge in [-0.3, -0.25) is 4.90 Å². The molecule has 3 aromatic rings. The van der Waals surface area contributed by atoms with Crippen LogP contribution in [0.15, 0.2) is 83.8 Å². The molecule has 1 fully saturated rings. The summed E-state index contributed by atoms with van der Waals surface area (Å²) in [7, 11) is 0.448. The maximum absolute atomic E-state index is 13.0. The molecule has 1 aliphatic rings. The fraction of sp³-hybridized carbons (Fsp3) is 0.333. The molecule has 34 heavy (non-hydrogen) atoms. The third-order valence-corrected chi connectivity index (χ3v) is 7.91. The lowest BCUT2D eigenvalue weighted by atomic mass is 10.0. The number of hydrogen-bond donors (Lipinski definition) is 1. The molecule has 1 atom stereocenters. The molecule has 1 heterocycles. The highest BCUT2D eigenvalue weighted by Gasteiger charge is 2.27. The molecule has 7 heteroatoms. The number of sulfonamides is 1. The second kappa shape index (κ2) is 10.6. The molecule has 1 saturated heterocycles. The minimum atomic E-state index is -3.59. The van der Waals surface area contributed by atoms with Crippen molar-refractivity contribution >= 4 is 21.4 Å². The molecule has 180 valence electrons. The van der Waals surface area contributed by atoms with Gasteiger partial charge in [-0.2, -0.15) is 0 Å². The highest BCUT2D eigenvalue weighted by atomic mass is 32.2. The average Bonchev–Trinajstić information content (AvgIpc) is 2.85. The molecule has 6 nitrogen and oxygen atoms in total. The molecule has 4 rings (SSSR count). The van der Waals surface area contributed by atoms with Crippen LogP contribution in [0.2, 0.25) is 0 Å². The van der Waals surface area contributed by atoms with Crippen LogP contribution in [0.3, 0.4) is 0 Å². The van der Waals surface area contributed by atoms with Gasteiger partial charge in [-0.25, -0.2) is 13.1 Å². The van der Waals surface area contributed by atoms with Crippen LogP contribution in [0.4, 0.5) is 11.4 Å². The Morgan fingerprint density at radius 2 is 1.47 bits per heavy atom. The number of benzene rings is 3. The Bertz CT molecular complexity index is 1160. The molecule has 0 aliphatic carbocycles. The van der Waals surface area contributed by atoms with E-state index in [0.29, 0.717) is 11.4 Å². The van der Waals surface area contributed by atoms with Crippen molar-refractivity contribution in [2.45, 2.75) is 17.9 Å². The van der Waals surface area contributed by atoms with Crippen molar-refractivity contribution < 1.29 is 8.42 Å². The summed E-state index contributed by atoms with van der Waals surface area (Å²) >= 11 is 0. The Kier molecular flexibility index (Phi) is 7.56. The smallest absolute Gasteiger partial charge is 0.240 e. The molecule has 0 radical (unpaired) electrons. The lowest BCUT2D eigenvalue weighted by molar-refractivity contribution is 0.187. The number of aryl methyl sites for hydroxylation is 1. The lowest BCUT2D eigenvalue weighted by Gasteiger charge is -2.40. The van der Waals surface area contributed by atoms with Crippen LogP contribution in [0, 0.1) is 6.92 Å². The van der Waals surface area contributed by atoms with Crippen LogP contribution < -0.4 is 14.5 Å². The van der Waals surface area contributed by atoms with Gasteiger partial charge in [-0.05, 0) is 48.9 Å². The molecule has 0 unspecified atom stereocenters. The van der Waals surface area contributed by atoms with Crippen molar-refractivity contribution in [3.63, 3.8) is 0 Å². The van der Waals surface area contributed by atoms with E-state index in [1.54, 1.807) is 12.1 Å². The Morgan fingerprint density at radius 1 is 0.853 bits per heavy atom. The third-order valence-electron chi connectivity index (χ3n) is 6.47. The van der Waals surface area contributed by atoms with E-state index in [2.05, 4.69) is 68.0 Å². The van der Waals surface area contributed by atoms with Crippen molar-refractivity contribution in [3.05, 3.63) is 90.0 Å². The number of piperazine rings is 1. The molecule has 1 aliphatic heterocycles. The van der Waals surface area contributed by atoms with Crippen molar-refractivity contribution in [2.75, 3.05) is 56.6 Å². The van der Waals surface area contributed by atoms with E-state index in [1.165, 1.54) is 5.69 Å². The van der Waals surface area contributed by atoms with Crippen LogP contribution in [-0.4, -0.2) is 60.1 Å². The average molecular weight is 479 g/mol. The topological polar surface area (TPSA) is 55.9 Å². The van der Waals surface area contributed by atoms with Gasteiger partial charge in [0.15, 0.2) is 0 Å². The largest absolute Gasteiger partial charge is 0.378 e. The van der Waals surface area contributed by atoms with Gasteiger partial charge in [0.2, 0.25) is 10.0 Å². The monoisotopic (exact) mass is 478 g/mol. The van der Waals surface area contributed by atoms with Gasteiger partial charge in [-0.1, -0.05) is 48.0 Å². The maximum Gasteiger partial charge on any atom is 0.240 e. The Labute approximate surface area is 203 Å². The van der Waals surface area contributed by atoms with E-state index in [-0.39, 0.29) is 6.04 Å². The van der Waals surface area contributed by atoms with E-state index in [9.17, 15) is 8.42 Å². The molecule has 0 bridgehead atoms. The second-order valence-electron chi connectivity index (χ2n) is 9.03. The first-order valence-electron chi connectivity index (χ1n) is 11.7. The Hall–Kier alpha value is -2.87. The van der Waals surface area contributed by atoms with Crippen LogP contribution in [0.5, 0.6) is 0 Å². The molecular weight excluding hydrogens is 444 g/mol. The first-order chi connectivity index (χ1) is 16.3. The summed E-state index contributed by atoms with van der Waals surface area (Å²) in [6.45, 7) is 5.81. The fourth-order valence-corrected chi connectivity index (χ4v) is 5.41. The second-order valence-corrected chi connectivity index (χ2v) is 10.8. The van der Waals surface area contributed by atoms with Gasteiger partial charge < -0.3 is 9.80 Å². The van der Waals surface area contributed by atoms with E-state index in [1.807, 2.05) is 39.2 Å². The summed E-state index contributed by atoms with van der Waals surface area (Å²) in [6.07, 6.45) is 0. The van der Waals surface area contributed by atoms with Crippen molar-refractivity contribution in [1.82, 2.24) is 9.62 Å². The Morgan fingerprint density at radius 3 is 2.06 bits per heavy atom. The van der Waals surface area contributed by atoms with Crippen molar-refractivity contribution in [2.24, 2.45) is 0 Å². The molecule has 0 aromatic heterocycles. The zero-order valence-electron chi connectivity index (χ0n) is 20.2. The predicted octanol–water partition coefficient (Wildman–Crippen LogP) is 3.90. The van der Waals surface area contributed by atoms with Crippen LogP contribution in [-0.2, 0) is 10.0 Å². The first-order valence-corrected chi connectivity index (χ1v) is 13.2. The van der Waals surface area contributed by atoms with Gasteiger partial charge in [-0.15, -0.1) is 0 Å². The summed E-state index contributed by atoms with van der Waals surface area (Å²) in [5.41, 5.74) is 4.50. The van der Waals surface area contributed by atoms with Gasteiger partial charge in [0, 0.05) is 64.2 Å².